The van der Waals surface area contributed by atoms with Crippen molar-refractivity contribution in [2.75, 3.05) is 0 Å². The van der Waals surface area contributed by atoms with Crippen LogP contribution in [0.4, 0.5) is 0 Å². The number of hydrogen-bond acceptors (Lipinski definition) is 4. The topological polar surface area (TPSA) is 43.1 Å². The van der Waals surface area contributed by atoms with Crippen molar-refractivity contribution in [3.05, 3.63) is 45.6 Å². The molecule has 0 N–H and O–H groups in total. The summed E-state index contributed by atoms with van der Waals surface area (Å²) in [5.74, 6) is 0. The fraction of sp³-hybridized carbons (Fsp3) is 0.100. The average Bonchev–Trinajstić information content (AvgIpc) is 2.81. The largest absolute Gasteiger partial charge is 0.234 e. The predicted molar refractivity (Wildman–Crippen MR) is 65.6 cm³/mol. The van der Waals surface area contributed by atoms with Gasteiger partial charge >= 0.3 is 0 Å². The van der Waals surface area contributed by atoms with Crippen molar-refractivity contribution < 1.29 is 0 Å². The quantitative estimate of drug-likeness (QED) is 0.729. The standard InChI is InChI=1S/C10H7BrN4S/c11-8-3-1-7(2-4-8)5-9-14-15-6-12-13-10(15)16-9/h1-4,6H,5H2. The van der Waals surface area contributed by atoms with E-state index in [1.54, 1.807) is 22.2 Å². The third-order valence-corrected chi connectivity index (χ3v) is 3.64. The average molecular weight is 295 g/mol. The van der Waals surface area contributed by atoms with E-state index >= 15 is 0 Å². The van der Waals surface area contributed by atoms with Gasteiger partial charge in [-0.3, -0.25) is 0 Å². The summed E-state index contributed by atoms with van der Waals surface area (Å²) < 4.78 is 2.80. The lowest BCUT2D eigenvalue weighted by atomic mass is 10.2. The van der Waals surface area contributed by atoms with Crippen LogP contribution in [0.3, 0.4) is 0 Å². The Kier molecular flexibility index (Phi) is 2.45. The summed E-state index contributed by atoms with van der Waals surface area (Å²) in [6.07, 6.45) is 2.46. The molecule has 0 atom stereocenters. The van der Waals surface area contributed by atoms with Crippen LogP contribution < -0.4 is 0 Å². The zero-order chi connectivity index (χ0) is 11.0. The van der Waals surface area contributed by atoms with Crippen LogP contribution in [-0.2, 0) is 6.42 Å². The highest BCUT2D eigenvalue weighted by molar-refractivity contribution is 9.10. The van der Waals surface area contributed by atoms with Gasteiger partial charge in [-0.15, -0.1) is 10.2 Å². The van der Waals surface area contributed by atoms with Crippen LogP contribution in [0.15, 0.2) is 35.1 Å². The van der Waals surface area contributed by atoms with Crippen LogP contribution >= 0.6 is 27.3 Å². The van der Waals surface area contributed by atoms with Gasteiger partial charge in [-0.05, 0) is 17.7 Å². The molecule has 0 fully saturated rings. The highest BCUT2D eigenvalue weighted by atomic mass is 79.9. The first-order chi connectivity index (χ1) is 7.81. The molecule has 0 radical (unpaired) electrons. The Bertz CT molecular complexity index is 585. The second kappa shape index (κ2) is 3.95. The molecule has 0 spiro atoms. The van der Waals surface area contributed by atoms with Gasteiger partial charge in [0.25, 0.3) is 0 Å². The summed E-state index contributed by atoms with van der Waals surface area (Å²) >= 11 is 4.99. The molecule has 80 valence electrons. The summed E-state index contributed by atoms with van der Waals surface area (Å²) in [5, 5.41) is 13.2. The molecule has 0 unspecified atom stereocenters. The van der Waals surface area contributed by atoms with Crippen LogP contribution in [0.25, 0.3) is 4.96 Å². The number of hydrogen-bond donors (Lipinski definition) is 0. The molecule has 3 aromatic rings. The van der Waals surface area contributed by atoms with Crippen molar-refractivity contribution in [3.63, 3.8) is 0 Å². The van der Waals surface area contributed by atoms with Crippen LogP contribution in [0, 0.1) is 0 Å². The molecular formula is C10H7BrN4S. The normalized spacial score (nSPS) is 11.1. The number of fused-ring (bicyclic) bond motifs is 1. The van der Waals surface area contributed by atoms with Gasteiger partial charge in [0.2, 0.25) is 4.96 Å². The zero-order valence-electron chi connectivity index (χ0n) is 8.17. The molecule has 0 saturated carbocycles. The van der Waals surface area contributed by atoms with Crippen LogP contribution in [0.5, 0.6) is 0 Å². The van der Waals surface area contributed by atoms with E-state index in [-0.39, 0.29) is 0 Å². The Morgan fingerprint density at radius 3 is 2.81 bits per heavy atom. The van der Waals surface area contributed by atoms with E-state index in [9.17, 15) is 0 Å². The molecule has 4 nitrogen and oxygen atoms in total. The first-order valence-electron chi connectivity index (χ1n) is 4.71. The van der Waals surface area contributed by atoms with Gasteiger partial charge < -0.3 is 0 Å². The molecule has 6 heteroatoms. The highest BCUT2D eigenvalue weighted by Crippen LogP contribution is 2.17. The van der Waals surface area contributed by atoms with Gasteiger partial charge in [-0.1, -0.05) is 39.4 Å². The Balaban J connectivity index is 1.89. The molecule has 0 saturated heterocycles. The highest BCUT2D eigenvalue weighted by Gasteiger charge is 2.05. The summed E-state index contributed by atoms with van der Waals surface area (Å²) in [4.78, 5) is 0.840. The van der Waals surface area contributed by atoms with E-state index in [2.05, 4.69) is 43.4 Å². The Morgan fingerprint density at radius 1 is 1.25 bits per heavy atom. The van der Waals surface area contributed by atoms with E-state index in [1.165, 1.54) is 5.56 Å². The van der Waals surface area contributed by atoms with E-state index < -0.39 is 0 Å². The first kappa shape index (κ1) is 9.92. The summed E-state index contributed by atoms with van der Waals surface area (Å²) in [6.45, 7) is 0. The van der Waals surface area contributed by atoms with E-state index in [0.717, 1.165) is 20.9 Å². The fourth-order valence-corrected chi connectivity index (χ4v) is 2.56. The third kappa shape index (κ3) is 1.85. The van der Waals surface area contributed by atoms with E-state index in [1.807, 2.05) is 12.1 Å². The smallest absolute Gasteiger partial charge is 0.190 e. The lowest BCUT2D eigenvalue weighted by Gasteiger charge is -1.96. The van der Waals surface area contributed by atoms with Crippen LogP contribution in [-0.4, -0.2) is 19.8 Å². The second-order valence-corrected chi connectivity index (χ2v) is 5.31. The maximum atomic E-state index is 4.39. The minimum absolute atomic E-state index is 0.835. The van der Waals surface area contributed by atoms with Gasteiger partial charge in [-0.25, -0.2) is 0 Å². The van der Waals surface area contributed by atoms with Crippen molar-refractivity contribution in [2.45, 2.75) is 6.42 Å². The lowest BCUT2D eigenvalue weighted by molar-refractivity contribution is 0.909. The molecule has 0 aliphatic rings. The molecule has 0 bridgehead atoms. The SMILES string of the molecule is Brc1ccc(Cc2nn3cnnc3s2)cc1. The maximum absolute atomic E-state index is 4.39. The molecular weight excluding hydrogens is 288 g/mol. The summed E-state index contributed by atoms with van der Waals surface area (Å²) in [5.41, 5.74) is 1.24. The van der Waals surface area contributed by atoms with Gasteiger partial charge in [0.15, 0.2) is 0 Å². The van der Waals surface area contributed by atoms with Crippen molar-refractivity contribution in [1.82, 2.24) is 19.8 Å². The molecule has 2 heterocycles. The fourth-order valence-electron chi connectivity index (χ4n) is 1.45. The van der Waals surface area contributed by atoms with Gasteiger partial charge in [0.1, 0.15) is 11.3 Å². The van der Waals surface area contributed by atoms with Crippen LogP contribution in [0.1, 0.15) is 10.6 Å². The predicted octanol–water partition coefficient (Wildman–Crippen LogP) is 2.54. The summed E-state index contributed by atoms with van der Waals surface area (Å²) in [6, 6.07) is 8.25. The van der Waals surface area contributed by atoms with Gasteiger partial charge in [-0.2, -0.15) is 9.61 Å². The molecule has 1 aromatic carbocycles. The van der Waals surface area contributed by atoms with Crippen molar-refractivity contribution in [3.8, 4) is 0 Å². The number of aromatic nitrogens is 4. The lowest BCUT2D eigenvalue weighted by Crippen LogP contribution is -1.89. The van der Waals surface area contributed by atoms with E-state index in [4.69, 9.17) is 0 Å². The molecule has 0 amide bonds. The molecule has 0 aliphatic carbocycles. The monoisotopic (exact) mass is 294 g/mol. The maximum Gasteiger partial charge on any atom is 0.234 e. The Hall–Kier alpha value is -1.27. The third-order valence-electron chi connectivity index (χ3n) is 2.20. The zero-order valence-corrected chi connectivity index (χ0v) is 10.6. The Labute approximate surface area is 104 Å². The minimum atomic E-state index is 0.835. The van der Waals surface area contributed by atoms with Crippen molar-refractivity contribution >= 4 is 32.2 Å². The summed E-state index contributed by atoms with van der Waals surface area (Å²) in [7, 11) is 0. The number of halogens is 1. The number of rotatable bonds is 2. The van der Waals surface area contributed by atoms with Crippen molar-refractivity contribution in [1.29, 1.82) is 0 Å². The molecule has 2 aromatic heterocycles. The molecule has 3 rings (SSSR count). The van der Waals surface area contributed by atoms with Crippen LogP contribution in [0.2, 0.25) is 0 Å². The number of nitrogens with zero attached hydrogens (tertiary/aromatic N) is 4. The van der Waals surface area contributed by atoms with Crippen molar-refractivity contribution in [2.24, 2.45) is 0 Å². The number of benzene rings is 1. The first-order valence-corrected chi connectivity index (χ1v) is 6.32. The van der Waals surface area contributed by atoms with E-state index in [0.29, 0.717) is 0 Å². The van der Waals surface area contributed by atoms with Gasteiger partial charge in [0.05, 0.1) is 0 Å². The molecule has 16 heavy (non-hydrogen) atoms. The minimum Gasteiger partial charge on any atom is -0.190 e. The second-order valence-electron chi connectivity index (χ2n) is 3.36. The molecule has 0 aliphatic heterocycles. The van der Waals surface area contributed by atoms with Gasteiger partial charge in [0, 0.05) is 10.9 Å². The Morgan fingerprint density at radius 2 is 2.06 bits per heavy atom.